The van der Waals surface area contributed by atoms with Gasteiger partial charge in [0.15, 0.2) is 5.82 Å². The van der Waals surface area contributed by atoms with Gasteiger partial charge in [-0.25, -0.2) is 4.68 Å². The SMILES string of the molecule is CCOc1ccc(-n2ncc(C(=O)N3CCNC(=O)C3)c2C)nn1. The highest BCUT2D eigenvalue weighted by Gasteiger charge is 2.25. The molecular formula is C15H18N6O3. The fraction of sp³-hybridized carbons (Fsp3) is 0.400. The first-order valence-corrected chi connectivity index (χ1v) is 7.67. The average Bonchev–Trinajstić information content (AvgIpc) is 2.97. The monoisotopic (exact) mass is 330 g/mol. The van der Waals surface area contributed by atoms with Crippen molar-refractivity contribution in [3.05, 3.63) is 29.6 Å². The Hall–Kier alpha value is -2.97. The van der Waals surface area contributed by atoms with Gasteiger partial charge in [-0.15, -0.1) is 10.2 Å². The Kier molecular flexibility index (Phi) is 4.41. The molecule has 9 nitrogen and oxygen atoms in total. The predicted octanol–water partition coefficient (Wildman–Crippen LogP) is -0.0586. The third-order valence-corrected chi connectivity index (χ3v) is 3.70. The van der Waals surface area contributed by atoms with Gasteiger partial charge >= 0.3 is 0 Å². The summed E-state index contributed by atoms with van der Waals surface area (Å²) in [6.07, 6.45) is 1.49. The third kappa shape index (κ3) is 3.05. The van der Waals surface area contributed by atoms with Crippen LogP contribution in [0.15, 0.2) is 18.3 Å². The van der Waals surface area contributed by atoms with Crippen LogP contribution in [0.5, 0.6) is 5.88 Å². The molecule has 9 heteroatoms. The lowest BCUT2D eigenvalue weighted by Crippen LogP contribution is -2.50. The van der Waals surface area contributed by atoms with Gasteiger partial charge in [0.1, 0.15) is 0 Å². The van der Waals surface area contributed by atoms with Crippen LogP contribution >= 0.6 is 0 Å². The molecule has 3 heterocycles. The van der Waals surface area contributed by atoms with Gasteiger partial charge in [0.05, 0.1) is 30.6 Å². The van der Waals surface area contributed by atoms with Gasteiger partial charge in [0.25, 0.3) is 5.91 Å². The first-order chi connectivity index (χ1) is 11.6. The van der Waals surface area contributed by atoms with E-state index in [0.717, 1.165) is 0 Å². The van der Waals surface area contributed by atoms with E-state index in [0.29, 0.717) is 42.7 Å². The highest BCUT2D eigenvalue weighted by Crippen LogP contribution is 2.16. The van der Waals surface area contributed by atoms with E-state index >= 15 is 0 Å². The Bertz CT molecular complexity index is 755. The van der Waals surface area contributed by atoms with Gasteiger partial charge in [0.2, 0.25) is 11.8 Å². The van der Waals surface area contributed by atoms with Gasteiger partial charge in [-0.2, -0.15) is 5.10 Å². The first-order valence-electron chi connectivity index (χ1n) is 7.67. The summed E-state index contributed by atoms with van der Waals surface area (Å²) >= 11 is 0. The Morgan fingerprint density at radius 1 is 1.38 bits per heavy atom. The first kappa shape index (κ1) is 15.9. The lowest BCUT2D eigenvalue weighted by molar-refractivity contribution is -0.123. The molecule has 1 fully saturated rings. The van der Waals surface area contributed by atoms with E-state index in [-0.39, 0.29) is 18.4 Å². The van der Waals surface area contributed by atoms with Crippen LogP contribution < -0.4 is 10.1 Å². The number of hydrogen-bond donors (Lipinski definition) is 1. The second-order valence-electron chi connectivity index (χ2n) is 5.29. The number of piperazine rings is 1. The lowest BCUT2D eigenvalue weighted by Gasteiger charge is -2.26. The minimum atomic E-state index is -0.215. The molecule has 0 unspecified atom stereocenters. The summed E-state index contributed by atoms with van der Waals surface area (Å²) in [5.41, 5.74) is 1.09. The van der Waals surface area contributed by atoms with Crippen molar-refractivity contribution >= 4 is 11.8 Å². The second kappa shape index (κ2) is 6.65. The number of rotatable bonds is 4. The number of carbonyl (C=O) groups is 2. The normalized spacial score (nSPS) is 14.4. The molecule has 1 aliphatic rings. The fourth-order valence-corrected chi connectivity index (χ4v) is 2.48. The number of nitrogens with one attached hydrogen (secondary N) is 1. The van der Waals surface area contributed by atoms with E-state index in [1.54, 1.807) is 23.7 Å². The molecule has 0 saturated carbocycles. The maximum absolute atomic E-state index is 12.6. The molecule has 0 aliphatic carbocycles. The molecule has 1 saturated heterocycles. The summed E-state index contributed by atoms with van der Waals surface area (Å²) in [6, 6.07) is 3.42. The summed E-state index contributed by atoms with van der Waals surface area (Å²) < 4.78 is 6.80. The van der Waals surface area contributed by atoms with Gasteiger partial charge in [-0.3, -0.25) is 9.59 Å². The minimum absolute atomic E-state index is 0.0618. The molecular weight excluding hydrogens is 312 g/mol. The number of aromatic nitrogens is 4. The number of carbonyl (C=O) groups excluding carboxylic acids is 2. The van der Waals surface area contributed by atoms with Crippen molar-refractivity contribution in [2.45, 2.75) is 13.8 Å². The quantitative estimate of drug-likeness (QED) is 0.843. The van der Waals surface area contributed by atoms with Gasteiger partial charge in [0, 0.05) is 19.2 Å². The molecule has 1 aliphatic heterocycles. The Morgan fingerprint density at radius 2 is 2.21 bits per heavy atom. The standard InChI is InChI=1S/C15H18N6O3/c1-3-24-14-5-4-12(18-19-14)21-10(2)11(8-17-21)15(23)20-7-6-16-13(22)9-20/h4-5,8H,3,6-7,9H2,1-2H3,(H,16,22). The zero-order valence-corrected chi connectivity index (χ0v) is 13.5. The zero-order chi connectivity index (χ0) is 17.1. The molecule has 2 aromatic rings. The van der Waals surface area contributed by atoms with Crippen LogP contribution in [0.25, 0.3) is 5.82 Å². The number of ether oxygens (including phenoxy) is 1. The van der Waals surface area contributed by atoms with Gasteiger partial charge < -0.3 is 15.0 Å². The molecule has 0 atom stereocenters. The van der Waals surface area contributed by atoms with Crippen LogP contribution in [0.4, 0.5) is 0 Å². The van der Waals surface area contributed by atoms with Crippen molar-refractivity contribution in [1.82, 2.24) is 30.2 Å². The molecule has 0 radical (unpaired) electrons. The fourth-order valence-electron chi connectivity index (χ4n) is 2.48. The van der Waals surface area contributed by atoms with E-state index < -0.39 is 0 Å². The summed E-state index contributed by atoms with van der Waals surface area (Å²) in [5, 5.41) is 14.9. The second-order valence-corrected chi connectivity index (χ2v) is 5.29. The van der Waals surface area contributed by atoms with Crippen molar-refractivity contribution < 1.29 is 14.3 Å². The van der Waals surface area contributed by atoms with Crippen LogP contribution in [-0.2, 0) is 4.79 Å². The summed E-state index contributed by atoms with van der Waals surface area (Å²) in [6.45, 7) is 5.16. The van der Waals surface area contributed by atoms with Crippen molar-refractivity contribution in [2.75, 3.05) is 26.2 Å². The Balaban J connectivity index is 1.82. The molecule has 0 aromatic carbocycles. The van der Waals surface area contributed by atoms with Crippen molar-refractivity contribution in [3.63, 3.8) is 0 Å². The zero-order valence-electron chi connectivity index (χ0n) is 13.5. The largest absolute Gasteiger partial charge is 0.477 e. The van der Waals surface area contributed by atoms with E-state index in [1.165, 1.54) is 11.1 Å². The summed E-state index contributed by atoms with van der Waals surface area (Å²) in [5.74, 6) is 0.553. The highest BCUT2D eigenvalue weighted by atomic mass is 16.5. The summed E-state index contributed by atoms with van der Waals surface area (Å²) in [7, 11) is 0. The van der Waals surface area contributed by atoms with Crippen LogP contribution in [-0.4, -0.2) is 62.9 Å². The predicted molar refractivity (Wildman–Crippen MR) is 84.0 cm³/mol. The Labute approximate surface area is 138 Å². The molecule has 24 heavy (non-hydrogen) atoms. The van der Waals surface area contributed by atoms with Crippen molar-refractivity contribution in [1.29, 1.82) is 0 Å². The number of nitrogens with zero attached hydrogens (tertiary/aromatic N) is 5. The minimum Gasteiger partial charge on any atom is -0.477 e. The smallest absolute Gasteiger partial charge is 0.257 e. The van der Waals surface area contributed by atoms with Crippen LogP contribution in [0, 0.1) is 6.92 Å². The maximum Gasteiger partial charge on any atom is 0.257 e. The summed E-state index contributed by atoms with van der Waals surface area (Å²) in [4.78, 5) is 25.5. The molecule has 1 N–H and O–H groups in total. The molecule has 3 rings (SSSR count). The van der Waals surface area contributed by atoms with E-state index in [2.05, 4.69) is 20.6 Å². The lowest BCUT2D eigenvalue weighted by atomic mass is 10.2. The molecule has 0 bridgehead atoms. The average molecular weight is 330 g/mol. The van der Waals surface area contributed by atoms with Crippen LogP contribution in [0.3, 0.4) is 0 Å². The van der Waals surface area contributed by atoms with Crippen LogP contribution in [0.1, 0.15) is 23.0 Å². The highest BCUT2D eigenvalue weighted by molar-refractivity contribution is 5.97. The van der Waals surface area contributed by atoms with Gasteiger partial charge in [-0.05, 0) is 19.9 Å². The number of amides is 2. The Morgan fingerprint density at radius 3 is 2.88 bits per heavy atom. The molecule has 2 aromatic heterocycles. The number of hydrogen-bond acceptors (Lipinski definition) is 6. The third-order valence-electron chi connectivity index (χ3n) is 3.70. The van der Waals surface area contributed by atoms with E-state index in [9.17, 15) is 9.59 Å². The van der Waals surface area contributed by atoms with E-state index in [1.807, 2.05) is 6.92 Å². The topological polar surface area (TPSA) is 102 Å². The van der Waals surface area contributed by atoms with Crippen LogP contribution in [0.2, 0.25) is 0 Å². The maximum atomic E-state index is 12.6. The molecule has 126 valence electrons. The van der Waals surface area contributed by atoms with Gasteiger partial charge in [-0.1, -0.05) is 0 Å². The van der Waals surface area contributed by atoms with E-state index in [4.69, 9.17) is 4.74 Å². The molecule has 2 amide bonds. The molecule has 0 spiro atoms. The van der Waals surface area contributed by atoms with Crippen molar-refractivity contribution in [3.8, 4) is 11.7 Å². The van der Waals surface area contributed by atoms with Crippen molar-refractivity contribution in [2.24, 2.45) is 0 Å².